The molecule has 1 aliphatic rings. The van der Waals surface area contributed by atoms with E-state index in [2.05, 4.69) is 10.6 Å². The molecule has 0 radical (unpaired) electrons. The van der Waals surface area contributed by atoms with Crippen LogP contribution in [-0.2, 0) is 14.3 Å². The van der Waals surface area contributed by atoms with Crippen LogP contribution in [0, 0.1) is 0 Å². The van der Waals surface area contributed by atoms with Gasteiger partial charge < -0.3 is 15.0 Å². The highest BCUT2D eigenvalue weighted by Crippen LogP contribution is 2.26. The quantitative estimate of drug-likeness (QED) is 0.444. The van der Waals surface area contributed by atoms with E-state index in [9.17, 15) is 19.2 Å². The SMILES string of the molecule is CCCNC(=O)NC(=O)COC(=O)c1ccccc1SCC(=O)N(C)C1CCCCC1. The van der Waals surface area contributed by atoms with Gasteiger partial charge in [-0.1, -0.05) is 38.3 Å². The zero-order valence-corrected chi connectivity index (χ0v) is 19.0. The van der Waals surface area contributed by atoms with E-state index in [4.69, 9.17) is 4.74 Å². The standard InChI is InChI=1S/C22H31N3O5S/c1-3-13-23-22(29)24-19(26)14-30-21(28)17-11-7-8-12-18(17)31-15-20(27)25(2)16-9-5-4-6-10-16/h7-8,11-12,16H,3-6,9-10,13-15H2,1-2H3,(H2,23,24,26,29). The molecule has 170 valence electrons. The highest BCUT2D eigenvalue weighted by Gasteiger charge is 2.23. The van der Waals surface area contributed by atoms with Gasteiger partial charge in [0.05, 0.1) is 11.3 Å². The zero-order valence-electron chi connectivity index (χ0n) is 18.1. The van der Waals surface area contributed by atoms with E-state index in [0.29, 0.717) is 11.4 Å². The van der Waals surface area contributed by atoms with Gasteiger partial charge in [0.15, 0.2) is 6.61 Å². The van der Waals surface area contributed by atoms with E-state index in [1.807, 2.05) is 18.9 Å². The van der Waals surface area contributed by atoms with Crippen molar-refractivity contribution < 1.29 is 23.9 Å². The number of thioether (sulfide) groups is 1. The number of nitrogens with zero attached hydrogens (tertiary/aromatic N) is 1. The molecular weight excluding hydrogens is 418 g/mol. The molecule has 0 heterocycles. The molecule has 0 bridgehead atoms. The first kappa shape index (κ1) is 24.7. The molecule has 0 unspecified atom stereocenters. The number of hydrogen-bond acceptors (Lipinski definition) is 6. The summed E-state index contributed by atoms with van der Waals surface area (Å²) >= 11 is 1.27. The lowest BCUT2D eigenvalue weighted by Crippen LogP contribution is -2.41. The van der Waals surface area contributed by atoms with Gasteiger partial charge in [0, 0.05) is 24.5 Å². The summed E-state index contributed by atoms with van der Waals surface area (Å²) in [6, 6.07) is 6.46. The predicted octanol–water partition coefficient (Wildman–Crippen LogP) is 2.96. The monoisotopic (exact) mass is 449 g/mol. The molecule has 0 aromatic heterocycles. The first-order valence-corrected chi connectivity index (χ1v) is 11.6. The van der Waals surface area contributed by atoms with Crippen molar-refractivity contribution in [3.05, 3.63) is 29.8 Å². The number of imide groups is 1. The van der Waals surface area contributed by atoms with Gasteiger partial charge in [0.1, 0.15) is 0 Å². The molecule has 31 heavy (non-hydrogen) atoms. The smallest absolute Gasteiger partial charge is 0.339 e. The van der Waals surface area contributed by atoms with E-state index >= 15 is 0 Å². The third-order valence-corrected chi connectivity index (χ3v) is 6.16. The van der Waals surface area contributed by atoms with Crippen molar-refractivity contribution >= 4 is 35.6 Å². The number of nitrogens with one attached hydrogen (secondary N) is 2. The minimum Gasteiger partial charge on any atom is -0.452 e. The second-order valence-electron chi connectivity index (χ2n) is 7.46. The summed E-state index contributed by atoms with van der Waals surface area (Å²) < 4.78 is 5.05. The average molecular weight is 450 g/mol. The number of carbonyl (C=O) groups excluding carboxylic acids is 4. The number of esters is 1. The summed E-state index contributed by atoms with van der Waals surface area (Å²) in [7, 11) is 1.84. The topological polar surface area (TPSA) is 105 Å². The average Bonchev–Trinajstić information content (AvgIpc) is 2.79. The second-order valence-corrected chi connectivity index (χ2v) is 8.48. The summed E-state index contributed by atoms with van der Waals surface area (Å²) in [6.07, 6.45) is 6.34. The minimum absolute atomic E-state index is 0.0255. The lowest BCUT2D eigenvalue weighted by molar-refractivity contribution is -0.129. The van der Waals surface area contributed by atoms with E-state index in [0.717, 1.165) is 32.1 Å². The van der Waals surface area contributed by atoms with Crippen molar-refractivity contribution in [1.29, 1.82) is 0 Å². The molecule has 0 atom stereocenters. The fourth-order valence-corrected chi connectivity index (χ4v) is 4.29. The Balaban J connectivity index is 1.86. The van der Waals surface area contributed by atoms with Gasteiger partial charge in [0.2, 0.25) is 5.91 Å². The first-order valence-electron chi connectivity index (χ1n) is 10.6. The molecule has 2 N–H and O–H groups in total. The largest absolute Gasteiger partial charge is 0.452 e. The Morgan fingerprint density at radius 1 is 1.13 bits per heavy atom. The third kappa shape index (κ3) is 8.24. The Morgan fingerprint density at radius 2 is 1.84 bits per heavy atom. The predicted molar refractivity (Wildman–Crippen MR) is 119 cm³/mol. The van der Waals surface area contributed by atoms with Crippen LogP contribution in [-0.4, -0.2) is 60.7 Å². The molecule has 1 aromatic rings. The van der Waals surface area contributed by atoms with Crippen LogP contribution in [0.5, 0.6) is 0 Å². The van der Waals surface area contributed by atoms with Gasteiger partial charge in [-0.2, -0.15) is 0 Å². The maximum Gasteiger partial charge on any atom is 0.339 e. The highest BCUT2D eigenvalue weighted by atomic mass is 32.2. The molecule has 9 heteroatoms. The molecule has 1 saturated carbocycles. The maximum atomic E-state index is 12.6. The van der Waals surface area contributed by atoms with Crippen molar-refractivity contribution in [2.75, 3.05) is 26.0 Å². The highest BCUT2D eigenvalue weighted by molar-refractivity contribution is 8.00. The number of ether oxygens (including phenoxy) is 1. The van der Waals surface area contributed by atoms with Crippen LogP contribution in [0.2, 0.25) is 0 Å². The lowest BCUT2D eigenvalue weighted by atomic mass is 9.94. The summed E-state index contributed by atoms with van der Waals surface area (Å²) in [5.74, 6) is -1.15. The number of hydrogen-bond donors (Lipinski definition) is 2. The number of benzene rings is 1. The molecular formula is C22H31N3O5S. The number of rotatable bonds is 9. The van der Waals surface area contributed by atoms with Crippen LogP contribution >= 0.6 is 11.8 Å². The van der Waals surface area contributed by atoms with Crippen LogP contribution in [0.1, 0.15) is 55.8 Å². The maximum absolute atomic E-state index is 12.6. The van der Waals surface area contributed by atoms with Crippen molar-refractivity contribution in [1.82, 2.24) is 15.5 Å². The van der Waals surface area contributed by atoms with Crippen molar-refractivity contribution in [2.24, 2.45) is 0 Å². The normalized spacial score (nSPS) is 13.9. The van der Waals surface area contributed by atoms with E-state index in [1.165, 1.54) is 18.2 Å². The Morgan fingerprint density at radius 3 is 2.55 bits per heavy atom. The van der Waals surface area contributed by atoms with Gasteiger partial charge in [-0.05, 0) is 31.4 Å². The number of carbonyl (C=O) groups is 4. The van der Waals surface area contributed by atoms with Gasteiger partial charge in [-0.25, -0.2) is 9.59 Å². The van der Waals surface area contributed by atoms with Crippen molar-refractivity contribution in [3.8, 4) is 0 Å². The second kappa shape index (κ2) is 13.0. The molecule has 1 fully saturated rings. The van der Waals surface area contributed by atoms with Crippen LogP contribution in [0.15, 0.2) is 29.2 Å². The summed E-state index contributed by atoms with van der Waals surface area (Å²) in [6.45, 7) is 1.76. The molecule has 0 spiro atoms. The van der Waals surface area contributed by atoms with Crippen LogP contribution in [0.4, 0.5) is 4.79 Å². The van der Waals surface area contributed by atoms with Crippen molar-refractivity contribution in [2.45, 2.75) is 56.4 Å². The zero-order chi connectivity index (χ0) is 22.6. The minimum atomic E-state index is -0.712. The number of urea groups is 1. The van der Waals surface area contributed by atoms with E-state index < -0.39 is 24.5 Å². The fourth-order valence-electron chi connectivity index (χ4n) is 3.33. The van der Waals surface area contributed by atoms with Crippen LogP contribution in [0.25, 0.3) is 0 Å². The molecule has 0 aliphatic heterocycles. The molecule has 1 aromatic carbocycles. The Hall–Kier alpha value is -2.55. The summed E-state index contributed by atoms with van der Waals surface area (Å²) in [5, 5.41) is 4.60. The molecule has 8 nitrogen and oxygen atoms in total. The van der Waals surface area contributed by atoms with Gasteiger partial charge in [0.25, 0.3) is 5.91 Å². The number of amides is 4. The molecule has 1 aliphatic carbocycles. The molecule has 2 rings (SSSR count). The van der Waals surface area contributed by atoms with E-state index in [-0.39, 0.29) is 23.3 Å². The van der Waals surface area contributed by atoms with Crippen molar-refractivity contribution in [3.63, 3.8) is 0 Å². The lowest BCUT2D eigenvalue weighted by Gasteiger charge is -2.31. The van der Waals surface area contributed by atoms with E-state index in [1.54, 1.807) is 24.3 Å². The van der Waals surface area contributed by atoms with Gasteiger partial charge in [-0.15, -0.1) is 11.8 Å². The molecule has 4 amide bonds. The fraction of sp³-hybridized carbons (Fsp3) is 0.545. The third-order valence-electron chi connectivity index (χ3n) is 5.10. The Bertz CT molecular complexity index is 780. The van der Waals surface area contributed by atoms with Crippen LogP contribution < -0.4 is 10.6 Å². The first-order chi connectivity index (χ1) is 14.9. The Kier molecular flexibility index (Phi) is 10.4. The van der Waals surface area contributed by atoms with Gasteiger partial charge in [-0.3, -0.25) is 14.9 Å². The molecule has 0 saturated heterocycles. The summed E-state index contributed by atoms with van der Waals surface area (Å²) in [4.78, 5) is 50.7. The Labute approximate surface area is 187 Å². The van der Waals surface area contributed by atoms with Crippen LogP contribution in [0.3, 0.4) is 0 Å². The summed E-state index contributed by atoms with van der Waals surface area (Å²) in [5.41, 5.74) is 0.281. The van der Waals surface area contributed by atoms with Gasteiger partial charge >= 0.3 is 12.0 Å².